The van der Waals surface area contributed by atoms with Crippen LogP contribution in [0.2, 0.25) is 0 Å². The number of rotatable bonds is 4. The Morgan fingerprint density at radius 3 is 2.52 bits per heavy atom. The molecule has 1 aliphatic heterocycles. The molecule has 0 amide bonds. The number of nitrogens with zero attached hydrogens (tertiary/aromatic N) is 3. The van der Waals surface area contributed by atoms with Crippen molar-refractivity contribution in [3.8, 4) is 0 Å². The zero-order valence-corrected chi connectivity index (χ0v) is 16.5. The van der Waals surface area contributed by atoms with Crippen molar-refractivity contribution in [2.24, 2.45) is 10.1 Å². The first-order valence-electron chi connectivity index (χ1n) is 9.03. The van der Waals surface area contributed by atoms with E-state index in [-0.39, 0.29) is 0 Å². The zero-order chi connectivity index (χ0) is 18.8. The lowest BCUT2D eigenvalue weighted by Gasteiger charge is -2.14. The van der Waals surface area contributed by atoms with Crippen LogP contribution in [-0.4, -0.2) is 25.6 Å². The Morgan fingerprint density at radius 2 is 1.85 bits per heavy atom. The highest BCUT2D eigenvalue weighted by Crippen LogP contribution is 2.28. The average Bonchev–Trinajstić information content (AvgIpc) is 3.16. The fraction of sp³-hybridized carbons (Fsp3) is 0.182. The second-order valence-electron chi connectivity index (χ2n) is 6.66. The van der Waals surface area contributed by atoms with Crippen LogP contribution < -0.4 is 10.3 Å². The Kier molecular flexibility index (Phi) is 4.77. The Bertz CT molecular complexity index is 999. The van der Waals surface area contributed by atoms with Gasteiger partial charge in [-0.05, 0) is 47.7 Å². The molecule has 2 aromatic carbocycles. The molecule has 27 heavy (non-hydrogen) atoms. The second-order valence-corrected chi connectivity index (χ2v) is 7.60. The molecule has 3 aromatic rings. The zero-order valence-electron chi connectivity index (χ0n) is 15.7. The molecule has 0 saturated heterocycles. The molecule has 2 heterocycles. The summed E-state index contributed by atoms with van der Waals surface area (Å²) in [5.74, 6) is 0.787. The summed E-state index contributed by atoms with van der Waals surface area (Å²) in [4.78, 5) is 8.04. The summed E-state index contributed by atoms with van der Waals surface area (Å²) in [6.07, 6.45) is 0.981. The normalized spacial score (nSPS) is 13.1. The predicted octanol–water partition coefficient (Wildman–Crippen LogP) is 4.81. The summed E-state index contributed by atoms with van der Waals surface area (Å²) in [5, 5.41) is 6.80. The van der Waals surface area contributed by atoms with Crippen LogP contribution in [0.25, 0.3) is 0 Å². The molecule has 0 aliphatic carbocycles. The van der Waals surface area contributed by atoms with Crippen molar-refractivity contribution in [1.82, 2.24) is 5.43 Å². The predicted molar refractivity (Wildman–Crippen MR) is 116 cm³/mol. The molecule has 0 atom stereocenters. The van der Waals surface area contributed by atoms with Crippen molar-refractivity contribution in [1.29, 1.82) is 0 Å². The highest BCUT2D eigenvalue weighted by Gasteiger charge is 2.18. The third kappa shape index (κ3) is 3.51. The first kappa shape index (κ1) is 17.5. The van der Waals surface area contributed by atoms with Gasteiger partial charge >= 0.3 is 0 Å². The van der Waals surface area contributed by atoms with E-state index in [1.807, 2.05) is 20.2 Å². The van der Waals surface area contributed by atoms with Crippen molar-refractivity contribution in [2.75, 3.05) is 19.0 Å². The van der Waals surface area contributed by atoms with Gasteiger partial charge < -0.3 is 4.90 Å². The van der Waals surface area contributed by atoms with Gasteiger partial charge in [0.25, 0.3) is 0 Å². The lowest BCUT2D eigenvalue weighted by Crippen LogP contribution is -2.18. The van der Waals surface area contributed by atoms with Gasteiger partial charge in [-0.25, -0.2) is 4.99 Å². The maximum atomic E-state index is 4.87. The molecule has 0 bridgehead atoms. The van der Waals surface area contributed by atoms with E-state index < -0.39 is 0 Å². The Labute approximate surface area is 163 Å². The monoisotopic (exact) mass is 374 g/mol. The topological polar surface area (TPSA) is 40.0 Å². The number of aryl methyl sites for hydroxylation is 1. The number of amidine groups is 1. The minimum absolute atomic E-state index is 0.787. The van der Waals surface area contributed by atoms with Gasteiger partial charge in [-0.3, -0.25) is 5.43 Å². The van der Waals surface area contributed by atoms with Crippen molar-refractivity contribution >= 4 is 34.3 Å². The van der Waals surface area contributed by atoms with Gasteiger partial charge in [0.05, 0.1) is 16.3 Å². The number of thiophene rings is 1. The number of hydrogen-bond donors (Lipinski definition) is 1. The quantitative estimate of drug-likeness (QED) is 0.712. The van der Waals surface area contributed by atoms with E-state index >= 15 is 0 Å². The molecular weight excluding hydrogens is 352 g/mol. The van der Waals surface area contributed by atoms with Crippen LogP contribution in [0.4, 0.5) is 11.4 Å². The Morgan fingerprint density at radius 1 is 1.04 bits per heavy atom. The number of aliphatic imine (C=N–C) groups is 1. The molecule has 0 saturated carbocycles. The molecule has 0 fully saturated rings. The van der Waals surface area contributed by atoms with Crippen LogP contribution in [0.3, 0.4) is 0 Å². The van der Waals surface area contributed by atoms with Crippen LogP contribution >= 0.6 is 11.3 Å². The van der Waals surface area contributed by atoms with Crippen LogP contribution in [0.1, 0.15) is 28.5 Å². The van der Waals surface area contributed by atoms with Crippen molar-refractivity contribution in [3.05, 3.63) is 81.5 Å². The number of nitrogens with one attached hydrogen (secondary N) is 1. The van der Waals surface area contributed by atoms with Gasteiger partial charge in [0, 0.05) is 30.9 Å². The fourth-order valence-electron chi connectivity index (χ4n) is 3.07. The van der Waals surface area contributed by atoms with Crippen LogP contribution in [0.5, 0.6) is 0 Å². The van der Waals surface area contributed by atoms with Gasteiger partial charge in [0.1, 0.15) is 0 Å². The van der Waals surface area contributed by atoms with E-state index in [1.54, 1.807) is 11.3 Å². The van der Waals surface area contributed by atoms with Gasteiger partial charge in [-0.1, -0.05) is 31.2 Å². The average molecular weight is 375 g/mol. The lowest BCUT2D eigenvalue weighted by molar-refractivity contribution is 1.03. The molecular formula is C22H22N4S. The summed E-state index contributed by atoms with van der Waals surface area (Å²) in [6.45, 7) is 2.17. The first-order valence-corrected chi connectivity index (χ1v) is 9.91. The standard InChI is InChI=1S/C22H22N4S/c1-4-15-7-12-19-18(14-15)21(16-8-10-17(11-9-16)26(2)3)24-25-22(23-19)20-6-5-13-27-20/h5-14H,4H2,1-3H3,(H,23,25). The molecule has 5 heteroatoms. The van der Waals surface area contributed by atoms with Gasteiger partial charge in [0.2, 0.25) is 0 Å². The summed E-state index contributed by atoms with van der Waals surface area (Å²) < 4.78 is 0. The van der Waals surface area contributed by atoms with E-state index in [0.29, 0.717) is 0 Å². The van der Waals surface area contributed by atoms with Gasteiger partial charge in [0.15, 0.2) is 5.84 Å². The van der Waals surface area contributed by atoms with Crippen molar-refractivity contribution in [3.63, 3.8) is 0 Å². The van der Waals surface area contributed by atoms with Crippen molar-refractivity contribution < 1.29 is 0 Å². The van der Waals surface area contributed by atoms with Crippen LogP contribution in [0, 0.1) is 0 Å². The maximum absolute atomic E-state index is 4.87. The number of hydrazone groups is 1. The Balaban J connectivity index is 1.83. The molecule has 4 rings (SSSR count). The summed E-state index contributed by atoms with van der Waals surface area (Å²) in [6, 6.07) is 19.0. The molecule has 0 spiro atoms. The largest absolute Gasteiger partial charge is 0.378 e. The SMILES string of the molecule is CCc1ccc2c(c1)C(c1ccc(N(C)C)cc1)=NNC(c1cccs1)=N2. The van der Waals surface area contributed by atoms with Gasteiger partial charge in [-0.2, -0.15) is 5.10 Å². The minimum atomic E-state index is 0.787. The van der Waals surface area contributed by atoms with Crippen LogP contribution in [-0.2, 0) is 6.42 Å². The third-order valence-electron chi connectivity index (χ3n) is 4.64. The summed E-state index contributed by atoms with van der Waals surface area (Å²) >= 11 is 1.66. The molecule has 4 nitrogen and oxygen atoms in total. The number of anilines is 1. The van der Waals surface area contributed by atoms with Crippen molar-refractivity contribution in [2.45, 2.75) is 13.3 Å². The molecule has 136 valence electrons. The highest BCUT2D eigenvalue weighted by molar-refractivity contribution is 7.12. The first-order chi connectivity index (χ1) is 13.2. The number of benzene rings is 2. The van der Waals surface area contributed by atoms with E-state index in [2.05, 4.69) is 71.2 Å². The second kappa shape index (κ2) is 7.37. The third-order valence-corrected chi connectivity index (χ3v) is 5.52. The van der Waals surface area contributed by atoms with E-state index in [0.717, 1.165) is 39.7 Å². The van der Waals surface area contributed by atoms with E-state index in [9.17, 15) is 0 Å². The smallest absolute Gasteiger partial charge is 0.164 e. The van der Waals surface area contributed by atoms with E-state index in [4.69, 9.17) is 10.1 Å². The minimum Gasteiger partial charge on any atom is -0.378 e. The molecule has 1 aliphatic rings. The lowest BCUT2D eigenvalue weighted by atomic mass is 9.97. The number of fused-ring (bicyclic) bond motifs is 1. The Hall–Kier alpha value is -2.92. The van der Waals surface area contributed by atoms with Gasteiger partial charge in [-0.15, -0.1) is 11.3 Å². The molecule has 0 radical (unpaired) electrons. The summed E-state index contributed by atoms with van der Waals surface area (Å²) in [5.41, 5.74) is 9.63. The molecule has 1 N–H and O–H groups in total. The highest BCUT2D eigenvalue weighted by atomic mass is 32.1. The fourth-order valence-corrected chi connectivity index (χ4v) is 3.73. The molecule has 1 aromatic heterocycles. The maximum Gasteiger partial charge on any atom is 0.164 e. The van der Waals surface area contributed by atoms with Crippen LogP contribution in [0.15, 0.2) is 70.1 Å². The number of hydrogen-bond acceptors (Lipinski definition) is 5. The summed E-state index contributed by atoms with van der Waals surface area (Å²) in [7, 11) is 4.09. The van der Waals surface area contributed by atoms with E-state index in [1.165, 1.54) is 11.3 Å². The molecule has 0 unspecified atom stereocenters.